The predicted octanol–water partition coefficient (Wildman–Crippen LogP) is 2.62. The fourth-order valence-electron chi connectivity index (χ4n) is 3.88. The number of benzene rings is 1. The first-order valence-electron chi connectivity index (χ1n) is 11.2. The van der Waals surface area contributed by atoms with Crippen molar-refractivity contribution in [1.82, 2.24) is 10.2 Å². The highest BCUT2D eigenvalue weighted by atomic mass is 32.1. The van der Waals surface area contributed by atoms with Crippen molar-refractivity contribution in [3.8, 4) is 6.07 Å². The van der Waals surface area contributed by atoms with Crippen LogP contribution in [0.2, 0.25) is 0 Å². The van der Waals surface area contributed by atoms with Gasteiger partial charge in [0.2, 0.25) is 5.91 Å². The maximum atomic E-state index is 12.9. The van der Waals surface area contributed by atoms with Crippen LogP contribution in [0, 0.1) is 18.3 Å². The Bertz CT molecular complexity index is 1090. The molecule has 1 aliphatic heterocycles. The van der Waals surface area contributed by atoms with Gasteiger partial charge < -0.3 is 20.3 Å². The van der Waals surface area contributed by atoms with Gasteiger partial charge in [0, 0.05) is 38.9 Å². The van der Waals surface area contributed by atoms with Gasteiger partial charge in [0.05, 0.1) is 35.2 Å². The lowest BCUT2D eigenvalue weighted by atomic mass is 10.1. The highest BCUT2D eigenvalue weighted by molar-refractivity contribution is 7.18. The van der Waals surface area contributed by atoms with Crippen molar-refractivity contribution in [3.05, 3.63) is 45.8 Å². The zero-order valence-corrected chi connectivity index (χ0v) is 20.5. The number of rotatable bonds is 7. The summed E-state index contributed by atoms with van der Waals surface area (Å²) in [5, 5.41) is 14.7. The molecular formula is C24H29N5O4S. The van der Waals surface area contributed by atoms with E-state index < -0.39 is 5.97 Å². The van der Waals surface area contributed by atoms with E-state index in [4.69, 9.17) is 10.00 Å². The van der Waals surface area contributed by atoms with Crippen molar-refractivity contribution in [1.29, 1.82) is 5.26 Å². The van der Waals surface area contributed by atoms with Gasteiger partial charge in [0.1, 0.15) is 5.00 Å². The van der Waals surface area contributed by atoms with E-state index in [2.05, 4.69) is 26.5 Å². The smallest absolute Gasteiger partial charge is 0.341 e. The van der Waals surface area contributed by atoms with Gasteiger partial charge in [-0.1, -0.05) is 0 Å². The Labute approximate surface area is 203 Å². The van der Waals surface area contributed by atoms with E-state index in [0.717, 1.165) is 43.1 Å². The molecule has 0 radical (unpaired) electrons. The second-order valence-electron chi connectivity index (χ2n) is 7.88. The first kappa shape index (κ1) is 25.2. The molecule has 1 aromatic heterocycles. The van der Waals surface area contributed by atoms with Crippen LogP contribution in [0.25, 0.3) is 0 Å². The van der Waals surface area contributed by atoms with Crippen LogP contribution >= 0.6 is 11.3 Å². The van der Waals surface area contributed by atoms with Gasteiger partial charge in [-0.05, 0) is 50.1 Å². The third-order valence-corrected chi connectivity index (χ3v) is 6.84. The SMILES string of the molecule is CCOC(=O)c1c(NC(=O)CN2CCCN(c3ccc(C#N)cc3)CC2)sc(C(=O)NC)c1C. The fourth-order valence-corrected chi connectivity index (χ4v) is 5.04. The maximum absolute atomic E-state index is 12.9. The van der Waals surface area contributed by atoms with E-state index in [1.807, 2.05) is 24.3 Å². The number of esters is 1. The van der Waals surface area contributed by atoms with Crippen LogP contribution in [0.4, 0.5) is 10.7 Å². The molecule has 10 heteroatoms. The minimum absolute atomic E-state index is 0.176. The first-order valence-corrected chi connectivity index (χ1v) is 12.0. The summed E-state index contributed by atoms with van der Waals surface area (Å²) in [6, 6.07) is 9.64. The van der Waals surface area contributed by atoms with Gasteiger partial charge in [-0.25, -0.2) is 4.79 Å². The molecule has 1 aromatic carbocycles. The van der Waals surface area contributed by atoms with Crippen LogP contribution in [0.15, 0.2) is 24.3 Å². The number of thiophene rings is 1. The normalized spacial score (nSPS) is 14.1. The lowest BCUT2D eigenvalue weighted by Gasteiger charge is -2.23. The molecule has 2 aromatic rings. The number of nitrogens with one attached hydrogen (secondary N) is 2. The second-order valence-corrected chi connectivity index (χ2v) is 8.90. The van der Waals surface area contributed by atoms with Crippen molar-refractivity contribution in [2.45, 2.75) is 20.3 Å². The summed E-state index contributed by atoms with van der Waals surface area (Å²) in [5.74, 6) is -1.12. The minimum atomic E-state index is -0.561. The summed E-state index contributed by atoms with van der Waals surface area (Å²) in [4.78, 5) is 42.3. The molecule has 180 valence electrons. The number of nitriles is 1. The zero-order valence-electron chi connectivity index (χ0n) is 19.6. The molecule has 1 saturated heterocycles. The van der Waals surface area contributed by atoms with E-state index in [0.29, 0.717) is 27.5 Å². The van der Waals surface area contributed by atoms with Crippen LogP contribution in [-0.2, 0) is 9.53 Å². The van der Waals surface area contributed by atoms with Crippen LogP contribution in [-0.4, -0.2) is 69.1 Å². The second kappa shape index (κ2) is 11.6. The predicted molar refractivity (Wildman–Crippen MR) is 131 cm³/mol. The van der Waals surface area contributed by atoms with Crippen molar-refractivity contribution >= 4 is 39.8 Å². The number of hydrogen-bond acceptors (Lipinski definition) is 8. The zero-order chi connectivity index (χ0) is 24.7. The van der Waals surface area contributed by atoms with Gasteiger partial charge >= 0.3 is 5.97 Å². The van der Waals surface area contributed by atoms with Gasteiger partial charge in [0.25, 0.3) is 5.91 Å². The molecule has 3 rings (SSSR count). The number of amides is 2. The monoisotopic (exact) mass is 483 g/mol. The summed E-state index contributed by atoms with van der Waals surface area (Å²) >= 11 is 1.07. The highest BCUT2D eigenvalue weighted by Gasteiger charge is 2.27. The Balaban J connectivity index is 1.66. The van der Waals surface area contributed by atoms with Gasteiger partial charge in [-0.3, -0.25) is 14.5 Å². The maximum Gasteiger partial charge on any atom is 0.341 e. The molecule has 1 fully saturated rings. The number of anilines is 2. The van der Waals surface area contributed by atoms with Gasteiger partial charge in [-0.15, -0.1) is 11.3 Å². The fraction of sp³-hybridized carbons (Fsp3) is 0.417. The molecule has 9 nitrogen and oxygen atoms in total. The molecule has 1 aliphatic rings. The summed E-state index contributed by atoms with van der Waals surface area (Å²) in [5.41, 5.74) is 2.40. The third kappa shape index (κ3) is 5.92. The Hall–Kier alpha value is -3.42. The molecule has 0 aliphatic carbocycles. The Morgan fingerprint density at radius 1 is 1.15 bits per heavy atom. The van der Waals surface area contributed by atoms with Gasteiger partial charge in [0.15, 0.2) is 0 Å². The Kier molecular flexibility index (Phi) is 8.62. The molecule has 2 heterocycles. The first-order chi connectivity index (χ1) is 16.4. The Morgan fingerprint density at radius 3 is 2.53 bits per heavy atom. The van der Waals surface area contributed by atoms with Crippen molar-refractivity contribution < 1.29 is 19.1 Å². The number of carbonyl (C=O) groups is 3. The summed E-state index contributed by atoms with van der Waals surface area (Å²) < 4.78 is 5.14. The van der Waals surface area contributed by atoms with Gasteiger partial charge in [-0.2, -0.15) is 5.26 Å². The molecule has 2 amide bonds. The summed E-state index contributed by atoms with van der Waals surface area (Å²) in [7, 11) is 1.52. The van der Waals surface area contributed by atoms with E-state index in [1.54, 1.807) is 13.8 Å². The number of carbonyl (C=O) groups excluding carboxylic acids is 3. The lowest BCUT2D eigenvalue weighted by molar-refractivity contribution is -0.117. The van der Waals surface area contributed by atoms with E-state index in [9.17, 15) is 14.4 Å². The molecule has 0 spiro atoms. The summed E-state index contributed by atoms with van der Waals surface area (Å²) in [6.07, 6.45) is 0.889. The molecule has 2 N–H and O–H groups in total. The van der Waals surface area contributed by atoms with Crippen molar-refractivity contribution in [2.75, 3.05) is 56.6 Å². The van der Waals surface area contributed by atoms with Crippen LogP contribution in [0.5, 0.6) is 0 Å². The largest absolute Gasteiger partial charge is 0.462 e. The lowest BCUT2D eigenvalue weighted by Crippen LogP contribution is -2.36. The topological polar surface area (TPSA) is 115 Å². The quantitative estimate of drug-likeness (QED) is 0.582. The Morgan fingerprint density at radius 2 is 1.88 bits per heavy atom. The molecule has 0 saturated carbocycles. The van der Waals surface area contributed by atoms with Crippen molar-refractivity contribution in [2.24, 2.45) is 0 Å². The standard InChI is InChI=1S/C24H29N5O4S/c1-4-33-24(32)20-16(2)21(22(31)26-3)34-23(20)27-19(30)15-28-10-5-11-29(13-12-28)18-8-6-17(14-25)7-9-18/h6-9H,4-5,10-13,15H2,1-3H3,(H,26,31)(H,27,30). The third-order valence-electron chi connectivity index (χ3n) is 5.63. The minimum Gasteiger partial charge on any atom is -0.462 e. The average Bonchev–Trinajstić information content (AvgIpc) is 2.99. The molecule has 34 heavy (non-hydrogen) atoms. The highest BCUT2D eigenvalue weighted by Crippen LogP contribution is 2.33. The molecule has 0 bridgehead atoms. The van der Waals surface area contributed by atoms with Crippen LogP contribution in [0.3, 0.4) is 0 Å². The number of ether oxygens (including phenoxy) is 1. The molecule has 0 atom stereocenters. The molecular weight excluding hydrogens is 454 g/mol. The van der Waals surface area contributed by atoms with Crippen LogP contribution in [0.1, 0.15) is 44.5 Å². The number of nitrogens with zero attached hydrogens (tertiary/aromatic N) is 3. The van der Waals surface area contributed by atoms with E-state index in [-0.39, 0.29) is 30.5 Å². The summed E-state index contributed by atoms with van der Waals surface area (Å²) in [6.45, 7) is 6.83. The van der Waals surface area contributed by atoms with Crippen molar-refractivity contribution in [3.63, 3.8) is 0 Å². The van der Waals surface area contributed by atoms with Crippen LogP contribution < -0.4 is 15.5 Å². The molecule has 0 unspecified atom stereocenters. The van der Waals surface area contributed by atoms with E-state index >= 15 is 0 Å². The average molecular weight is 484 g/mol. The number of hydrogen-bond donors (Lipinski definition) is 2. The van der Waals surface area contributed by atoms with E-state index in [1.165, 1.54) is 7.05 Å².